The predicted molar refractivity (Wildman–Crippen MR) is 74.6 cm³/mol. The van der Waals surface area contributed by atoms with Crippen molar-refractivity contribution in [2.75, 3.05) is 25.1 Å². The first-order valence-corrected chi connectivity index (χ1v) is 6.90. The molecule has 5 heteroatoms. The van der Waals surface area contributed by atoms with Crippen molar-refractivity contribution >= 4 is 27.5 Å². The number of halogens is 1. The maximum Gasteiger partial charge on any atom is 0.239 e. The molecular formula is C13H17BrN2O2. The molecule has 4 nitrogen and oxygen atoms in total. The van der Waals surface area contributed by atoms with Gasteiger partial charge < -0.3 is 15.4 Å². The largest absolute Gasteiger partial charge is 0.381 e. The zero-order valence-corrected chi connectivity index (χ0v) is 11.7. The summed E-state index contributed by atoms with van der Waals surface area (Å²) in [6.07, 6.45) is 1.81. The first-order valence-electron chi connectivity index (χ1n) is 6.10. The van der Waals surface area contributed by atoms with Crippen LogP contribution in [-0.4, -0.2) is 31.7 Å². The third-order valence-electron chi connectivity index (χ3n) is 2.88. The topological polar surface area (TPSA) is 50.4 Å². The van der Waals surface area contributed by atoms with Gasteiger partial charge in [-0.1, -0.05) is 15.9 Å². The summed E-state index contributed by atoms with van der Waals surface area (Å²) in [7, 11) is 0. The van der Waals surface area contributed by atoms with Crippen molar-refractivity contribution in [2.45, 2.75) is 18.9 Å². The van der Waals surface area contributed by atoms with Crippen LogP contribution in [0.2, 0.25) is 0 Å². The van der Waals surface area contributed by atoms with Gasteiger partial charge in [0, 0.05) is 29.4 Å². The van der Waals surface area contributed by atoms with Gasteiger partial charge in [0.2, 0.25) is 5.91 Å². The highest BCUT2D eigenvalue weighted by atomic mass is 79.9. The van der Waals surface area contributed by atoms with Gasteiger partial charge in [0.15, 0.2) is 0 Å². The van der Waals surface area contributed by atoms with Crippen LogP contribution in [0.25, 0.3) is 0 Å². The number of hydrogen-bond donors (Lipinski definition) is 2. The zero-order chi connectivity index (χ0) is 12.8. The third kappa shape index (κ3) is 4.31. The quantitative estimate of drug-likeness (QED) is 0.895. The van der Waals surface area contributed by atoms with Crippen molar-refractivity contribution in [3.8, 4) is 0 Å². The molecule has 1 aromatic carbocycles. The summed E-state index contributed by atoms with van der Waals surface area (Å²) >= 11 is 3.37. The Morgan fingerprint density at radius 3 is 2.61 bits per heavy atom. The molecule has 1 aromatic rings. The Balaban J connectivity index is 1.72. The highest BCUT2D eigenvalue weighted by Crippen LogP contribution is 2.13. The van der Waals surface area contributed by atoms with Crippen LogP contribution in [0.15, 0.2) is 28.7 Å². The van der Waals surface area contributed by atoms with E-state index < -0.39 is 0 Å². The number of carbonyl (C=O) groups is 1. The molecule has 1 amide bonds. The maximum absolute atomic E-state index is 11.7. The minimum atomic E-state index is 0.0322. The van der Waals surface area contributed by atoms with Crippen LogP contribution in [0, 0.1) is 0 Å². The molecule has 2 rings (SSSR count). The third-order valence-corrected chi connectivity index (χ3v) is 3.41. The Morgan fingerprint density at radius 2 is 1.94 bits per heavy atom. The Morgan fingerprint density at radius 1 is 1.28 bits per heavy atom. The molecule has 1 aliphatic heterocycles. The minimum absolute atomic E-state index is 0.0322. The lowest BCUT2D eigenvalue weighted by Gasteiger charge is -2.23. The smallest absolute Gasteiger partial charge is 0.239 e. The fraction of sp³-hybridized carbons (Fsp3) is 0.462. The van der Waals surface area contributed by atoms with Gasteiger partial charge in [-0.2, -0.15) is 0 Å². The second-order valence-corrected chi connectivity index (χ2v) is 5.23. The van der Waals surface area contributed by atoms with Gasteiger partial charge in [0.1, 0.15) is 0 Å². The predicted octanol–water partition coefficient (Wildman–Crippen LogP) is 2.16. The van der Waals surface area contributed by atoms with Gasteiger partial charge in [-0.15, -0.1) is 0 Å². The zero-order valence-electron chi connectivity index (χ0n) is 10.1. The number of benzene rings is 1. The van der Waals surface area contributed by atoms with Crippen molar-refractivity contribution in [2.24, 2.45) is 0 Å². The van der Waals surface area contributed by atoms with Crippen molar-refractivity contribution < 1.29 is 9.53 Å². The Bertz CT molecular complexity index is 388. The second-order valence-electron chi connectivity index (χ2n) is 4.31. The molecule has 0 radical (unpaired) electrons. The summed E-state index contributed by atoms with van der Waals surface area (Å²) in [5.74, 6) is 0.0322. The van der Waals surface area contributed by atoms with E-state index in [2.05, 4.69) is 26.6 Å². The van der Waals surface area contributed by atoms with Gasteiger partial charge in [0.25, 0.3) is 0 Å². The number of ether oxygens (including phenoxy) is 1. The fourth-order valence-electron chi connectivity index (χ4n) is 1.87. The average Bonchev–Trinajstić information content (AvgIpc) is 2.39. The van der Waals surface area contributed by atoms with Crippen molar-refractivity contribution in [3.63, 3.8) is 0 Å². The molecule has 2 N–H and O–H groups in total. The van der Waals surface area contributed by atoms with Gasteiger partial charge in [-0.25, -0.2) is 0 Å². The van der Waals surface area contributed by atoms with E-state index in [0.717, 1.165) is 36.2 Å². The standard InChI is InChI=1S/C13H17BrN2O2/c14-10-1-3-11(4-2-10)15-9-13(17)16-12-5-7-18-8-6-12/h1-4,12,15H,5-9H2,(H,16,17). The number of hydrogen-bond acceptors (Lipinski definition) is 3. The molecule has 1 heterocycles. The molecule has 1 saturated heterocycles. The van der Waals surface area contributed by atoms with Crippen LogP contribution in [0.3, 0.4) is 0 Å². The number of carbonyl (C=O) groups excluding carboxylic acids is 1. The Kier molecular flexibility index (Phi) is 5.01. The van der Waals surface area contributed by atoms with Gasteiger partial charge in [0.05, 0.1) is 6.54 Å². The minimum Gasteiger partial charge on any atom is -0.381 e. The molecule has 0 saturated carbocycles. The maximum atomic E-state index is 11.7. The fourth-order valence-corrected chi connectivity index (χ4v) is 2.14. The van der Waals surface area contributed by atoms with Crippen LogP contribution >= 0.6 is 15.9 Å². The molecule has 0 spiro atoms. The van der Waals surface area contributed by atoms with E-state index in [4.69, 9.17) is 4.74 Å². The van der Waals surface area contributed by atoms with Crippen molar-refractivity contribution in [1.29, 1.82) is 0 Å². The van der Waals surface area contributed by atoms with E-state index >= 15 is 0 Å². The van der Waals surface area contributed by atoms with Crippen LogP contribution in [0.1, 0.15) is 12.8 Å². The monoisotopic (exact) mass is 312 g/mol. The van der Waals surface area contributed by atoms with Crippen LogP contribution < -0.4 is 10.6 Å². The van der Waals surface area contributed by atoms with Gasteiger partial charge in [-0.3, -0.25) is 4.79 Å². The normalized spacial score (nSPS) is 16.3. The number of rotatable bonds is 4. The van der Waals surface area contributed by atoms with E-state index in [0.29, 0.717) is 6.54 Å². The molecule has 1 aliphatic rings. The molecule has 0 bridgehead atoms. The molecular weight excluding hydrogens is 296 g/mol. The molecule has 0 unspecified atom stereocenters. The van der Waals surface area contributed by atoms with Crippen LogP contribution in [-0.2, 0) is 9.53 Å². The second kappa shape index (κ2) is 6.75. The SMILES string of the molecule is O=C(CNc1ccc(Br)cc1)NC1CCOCC1. The number of amides is 1. The molecule has 0 atom stereocenters. The van der Waals surface area contributed by atoms with Gasteiger partial charge >= 0.3 is 0 Å². The summed E-state index contributed by atoms with van der Waals surface area (Å²) in [5, 5.41) is 6.11. The Labute approximate surface area is 115 Å². The lowest BCUT2D eigenvalue weighted by Crippen LogP contribution is -2.41. The highest BCUT2D eigenvalue weighted by molar-refractivity contribution is 9.10. The molecule has 1 fully saturated rings. The molecule has 0 aliphatic carbocycles. The summed E-state index contributed by atoms with van der Waals surface area (Å²) in [6.45, 7) is 1.79. The van der Waals surface area contributed by atoms with Crippen molar-refractivity contribution in [1.82, 2.24) is 5.32 Å². The lowest BCUT2D eigenvalue weighted by atomic mass is 10.1. The van der Waals surface area contributed by atoms with Gasteiger partial charge in [-0.05, 0) is 37.1 Å². The first kappa shape index (κ1) is 13.4. The number of nitrogens with one attached hydrogen (secondary N) is 2. The van der Waals surface area contributed by atoms with E-state index in [9.17, 15) is 4.79 Å². The van der Waals surface area contributed by atoms with E-state index in [1.54, 1.807) is 0 Å². The summed E-state index contributed by atoms with van der Waals surface area (Å²) in [6, 6.07) is 8.02. The summed E-state index contributed by atoms with van der Waals surface area (Å²) in [4.78, 5) is 11.7. The van der Waals surface area contributed by atoms with E-state index in [1.165, 1.54) is 0 Å². The Hall–Kier alpha value is -1.07. The molecule has 0 aromatic heterocycles. The van der Waals surface area contributed by atoms with Crippen LogP contribution in [0.5, 0.6) is 0 Å². The first-order chi connectivity index (χ1) is 8.74. The van der Waals surface area contributed by atoms with E-state index in [-0.39, 0.29) is 11.9 Å². The summed E-state index contributed by atoms with van der Waals surface area (Å²) < 4.78 is 6.28. The van der Waals surface area contributed by atoms with E-state index in [1.807, 2.05) is 24.3 Å². The average molecular weight is 313 g/mol. The number of anilines is 1. The highest BCUT2D eigenvalue weighted by Gasteiger charge is 2.15. The molecule has 18 heavy (non-hydrogen) atoms. The van der Waals surface area contributed by atoms with Crippen LogP contribution in [0.4, 0.5) is 5.69 Å². The molecule has 98 valence electrons. The lowest BCUT2D eigenvalue weighted by molar-refractivity contribution is -0.120. The summed E-state index contributed by atoms with van der Waals surface area (Å²) in [5.41, 5.74) is 0.945. The van der Waals surface area contributed by atoms with Crippen molar-refractivity contribution in [3.05, 3.63) is 28.7 Å².